The van der Waals surface area contributed by atoms with E-state index in [0.717, 1.165) is 0 Å². The van der Waals surface area contributed by atoms with Crippen LogP contribution in [0.5, 0.6) is 0 Å². The highest BCUT2D eigenvalue weighted by Gasteiger charge is 2.39. The van der Waals surface area contributed by atoms with Crippen molar-refractivity contribution >= 4 is 17.7 Å². The number of hydrogen-bond acceptors (Lipinski definition) is 3. The zero-order valence-electron chi connectivity index (χ0n) is 14.6. The first-order valence-electron chi connectivity index (χ1n) is 7.79. The van der Waals surface area contributed by atoms with Crippen molar-refractivity contribution in [1.82, 2.24) is 15.5 Å². The minimum atomic E-state index is -0.435. The Hall–Kier alpha value is -1.59. The molecule has 22 heavy (non-hydrogen) atoms. The molecule has 0 radical (unpaired) electrons. The number of hydrogen-bond donors (Lipinski definition) is 2. The number of carbonyl (C=O) groups excluding carboxylic acids is 3. The van der Waals surface area contributed by atoms with E-state index in [0.29, 0.717) is 19.6 Å². The van der Waals surface area contributed by atoms with Gasteiger partial charge < -0.3 is 15.5 Å². The summed E-state index contributed by atoms with van der Waals surface area (Å²) in [5.74, 6) is -0.444. The summed E-state index contributed by atoms with van der Waals surface area (Å²) < 4.78 is 0. The van der Waals surface area contributed by atoms with Crippen LogP contribution in [0.1, 0.15) is 48.0 Å². The van der Waals surface area contributed by atoms with Gasteiger partial charge in [0.05, 0.1) is 5.92 Å². The third-order valence-corrected chi connectivity index (χ3v) is 3.70. The van der Waals surface area contributed by atoms with Crippen LogP contribution in [0, 0.1) is 11.3 Å². The van der Waals surface area contributed by atoms with Gasteiger partial charge in [0.1, 0.15) is 0 Å². The van der Waals surface area contributed by atoms with Crippen LogP contribution in [0.25, 0.3) is 0 Å². The molecule has 1 aliphatic rings. The summed E-state index contributed by atoms with van der Waals surface area (Å²) in [6.07, 6.45) is 0.261. The van der Waals surface area contributed by atoms with Crippen molar-refractivity contribution in [1.29, 1.82) is 0 Å². The number of likely N-dealkylation sites (tertiary alicyclic amines) is 1. The van der Waals surface area contributed by atoms with Crippen LogP contribution in [0.4, 0.5) is 0 Å². The van der Waals surface area contributed by atoms with Crippen molar-refractivity contribution in [2.75, 3.05) is 19.6 Å². The fraction of sp³-hybridized carbons (Fsp3) is 0.812. The molecule has 6 nitrogen and oxygen atoms in total. The monoisotopic (exact) mass is 311 g/mol. The number of nitrogens with zero attached hydrogens (tertiary/aromatic N) is 1. The Morgan fingerprint density at radius 1 is 1.09 bits per heavy atom. The van der Waals surface area contributed by atoms with E-state index in [1.165, 1.54) is 0 Å². The van der Waals surface area contributed by atoms with Crippen LogP contribution in [0.3, 0.4) is 0 Å². The number of rotatable bonds is 4. The predicted octanol–water partition coefficient (Wildman–Crippen LogP) is 0.912. The van der Waals surface area contributed by atoms with Crippen molar-refractivity contribution < 1.29 is 14.4 Å². The summed E-state index contributed by atoms with van der Waals surface area (Å²) in [5, 5.41) is 5.57. The molecule has 1 atom stereocenters. The lowest BCUT2D eigenvalue weighted by Gasteiger charge is -2.31. The van der Waals surface area contributed by atoms with Crippen LogP contribution < -0.4 is 10.6 Å². The molecule has 1 saturated heterocycles. The molecule has 1 unspecified atom stereocenters. The van der Waals surface area contributed by atoms with E-state index in [-0.39, 0.29) is 35.6 Å². The van der Waals surface area contributed by atoms with Gasteiger partial charge in [-0.15, -0.1) is 0 Å². The SMILES string of the molecule is CC(C)(C)C(=O)NCCNC(=O)C1CC(=O)N(C(C)(C)C)C1. The molecule has 126 valence electrons. The van der Waals surface area contributed by atoms with Gasteiger partial charge in [0.2, 0.25) is 17.7 Å². The summed E-state index contributed by atoms with van der Waals surface area (Å²) in [6, 6.07) is 0. The summed E-state index contributed by atoms with van der Waals surface area (Å²) in [4.78, 5) is 37.5. The molecule has 0 aliphatic carbocycles. The van der Waals surface area contributed by atoms with Crippen molar-refractivity contribution in [3.63, 3.8) is 0 Å². The molecule has 0 bridgehead atoms. The van der Waals surface area contributed by atoms with Crippen LogP contribution >= 0.6 is 0 Å². The number of amides is 3. The molecule has 1 aliphatic heterocycles. The molecule has 0 aromatic carbocycles. The third-order valence-electron chi connectivity index (χ3n) is 3.70. The molecule has 1 heterocycles. The lowest BCUT2D eigenvalue weighted by molar-refractivity contribution is -0.132. The second-order valence-corrected chi connectivity index (χ2v) is 7.87. The van der Waals surface area contributed by atoms with Crippen molar-refractivity contribution in [3.05, 3.63) is 0 Å². The van der Waals surface area contributed by atoms with E-state index in [1.807, 2.05) is 41.5 Å². The van der Waals surface area contributed by atoms with Gasteiger partial charge in [0, 0.05) is 37.0 Å². The van der Waals surface area contributed by atoms with Gasteiger partial charge in [0.15, 0.2) is 0 Å². The summed E-state index contributed by atoms with van der Waals surface area (Å²) in [6.45, 7) is 12.6. The predicted molar refractivity (Wildman–Crippen MR) is 85.0 cm³/mol. The minimum absolute atomic E-state index is 0.0219. The molecule has 0 aromatic heterocycles. The van der Waals surface area contributed by atoms with E-state index in [4.69, 9.17) is 0 Å². The second-order valence-electron chi connectivity index (χ2n) is 7.87. The van der Waals surface area contributed by atoms with Crippen LogP contribution in [0.15, 0.2) is 0 Å². The first-order chi connectivity index (χ1) is 9.93. The molecule has 1 rings (SSSR count). The van der Waals surface area contributed by atoms with Gasteiger partial charge in [0.25, 0.3) is 0 Å². The van der Waals surface area contributed by atoms with E-state index >= 15 is 0 Å². The molecule has 1 fully saturated rings. The van der Waals surface area contributed by atoms with Crippen molar-refractivity contribution in [2.45, 2.75) is 53.5 Å². The molecule has 3 amide bonds. The first kappa shape index (κ1) is 18.5. The maximum absolute atomic E-state index is 12.1. The highest BCUT2D eigenvalue weighted by molar-refractivity contribution is 5.89. The maximum Gasteiger partial charge on any atom is 0.225 e. The molecular formula is C16H29N3O3. The lowest BCUT2D eigenvalue weighted by atomic mass is 9.96. The van der Waals surface area contributed by atoms with Crippen molar-refractivity contribution in [2.24, 2.45) is 11.3 Å². The van der Waals surface area contributed by atoms with E-state index in [2.05, 4.69) is 10.6 Å². The van der Waals surface area contributed by atoms with E-state index in [1.54, 1.807) is 4.90 Å². The smallest absolute Gasteiger partial charge is 0.225 e. The summed E-state index contributed by atoms with van der Waals surface area (Å²) in [5.41, 5.74) is -0.693. The quantitative estimate of drug-likeness (QED) is 0.758. The van der Waals surface area contributed by atoms with Gasteiger partial charge in [-0.2, -0.15) is 0 Å². The normalized spacial score (nSPS) is 19.3. The highest BCUT2D eigenvalue weighted by Crippen LogP contribution is 2.25. The second kappa shape index (κ2) is 6.67. The zero-order valence-corrected chi connectivity index (χ0v) is 14.6. The summed E-state index contributed by atoms with van der Waals surface area (Å²) in [7, 11) is 0. The van der Waals surface area contributed by atoms with Gasteiger partial charge in [-0.05, 0) is 20.8 Å². The Morgan fingerprint density at radius 3 is 2.09 bits per heavy atom. The molecule has 6 heteroatoms. The Kier molecular flexibility index (Phi) is 5.59. The zero-order chi connectivity index (χ0) is 17.1. The van der Waals surface area contributed by atoms with Crippen LogP contribution in [-0.4, -0.2) is 47.8 Å². The first-order valence-corrected chi connectivity index (χ1v) is 7.79. The standard InChI is InChI=1S/C16H29N3O3/c1-15(2,3)14(22)18-8-7-17-13(21)11-9-12(20)19(10-11)16(4,5)6/h11H,7-10H2,1-6H3,(H,17,21)(H,18,22). The van der Waals surface area contributed by atoms with Crippen molar-refractivity contribution in [3.8, 4) is 0 Å². The molecule has 0 saturated carbocycles. The largest absolute Gasteiger partial charge is 0.354 e. The third kappa shape index (κ3) is 5.00. The molecular weight excluding hydrogens is 282 g/mol. The average Bonchev–Trinajstić information content (AvgIpc) is 2.75. The van der Waals surface area contributed by atoms with Gasteiger partial charge >= 0.3 is 0 Å². The Morgan fingerprint density at radius 2 is 1.64 bits per heavy atom. The average molecular weight is 311 g/mol. The topological polar surface area (TPSA) is 78.5 Å². The molecule has 0 spiro atoms. The lowest BCUT2D eigenvalue weighted by Crippen LogP contribution is -2.44. The van der Waals surface area contributed by atoms with E-state index < -0.39 is 5.41 Å². The maximum atomic E-state index is 12.1. The highest BCUT2D eigenvalue weighted by atomic mass is 16.2. The van der Waals surface area contributed by atoms with Crippen LogP contribution in [0.2, 0.25) is 0 Å². The number of carbonyl (C=O) groups is 3. The van der Waals surface area contributed by atoms with Gasteiger partial charge in [-0.25, -0.2) is 0 Å². The Labute approximate surface area is 133 Å². The molecule has 0 aromatic rings. The number of nitrogens with one attached hydrogen (secondary N) is 2. The fourth-order valence-electron chi connectivity index (χ4n) is 2.30. The summed E-state index contributed by atoms with van der Waals surface area (Å²) >= 11 is 0. The van der Waals surface area contributed by atoms with Crippen LogP contribution in [-0.2, 0) is 14.4 Å². The minimum Gasteiger partial charge on any atom is -0.354 e. The van der Waals surface area contributed by atoms with Gasteiger partial charge in [-0.3, -0.25) is 14.4 Å². The Balaban J connectivity index is 2.36. The fourth-order valence-corrected chi connectivity index (χ4v) is 2.30. The van der Waals surface area contributed by atoms with Gasteiger partial charge in [-0.1, -0.05) is 20.8 Å². The molecule has 2 N–H and O–H groups in total. The van der Waals surface area contributed by atoms with E-state index in [9.17, 15) is 14.4 Å². The Bertz CT molecular complexity index is 447.